The Kier molecular flexibility index (Phi) is 4.46. The molecule has 0 bridgehead atoms. The summed E-state index contributed by atoms with van der Waals surface area (Å²) in [4.78, 5) is 2.39. The average Bonchev–Trinajstić information content (AvgIpc) is 2.46. The molecule has 1 fully saturated rings. The summed E-state index contributed by atoms with van der Waals surface area (Å²) in [7, 11) is 2.18. The Morgan fingerprint density at radius 3 is 2.79 bits per heavy atom. The second-order valence-electron chi connectivity index (χ2n) is 5.60. The fraction of sp³-hybridized carbons (Fsp3) is 0.562. The van der Waals surface area contributed by atoms with Gasteiger partial charge in [0, 0.05) is 24.3 Å². The van der Waals surface area contributed by atoms with E-state index in [0.717, 1.165) is 11.5 Å². The van der Waals surface area contributed by atoms with Crippen molar-refractivity contribution in [3.63, 3.8) is 0 Å². The highest BCUT2D eigenvalue weighted by molar-refractivity contribution is 5.95. The third kappa shape index (κ3) is 3.09. The molecule has 3 N–H and O–H groups in total. The molecule has 1 aliphatic carbocycles. The van der Waals surface area contributed by atoms with Crippen LogP contribution in [0.3, 0.4) is 0 Å². The Labute approximate surface area is 116 Å². The van der Waals surface area contributed by atoms with Gasteiger partial charge >= 0.3 is 0 Å². The summed E-state index contributed by atoms with van der Waals surface area (Å²) in [6.07, 6.45) is 6.58. The van der Waals surface area contributed by atoms with Gasteiger partial charge in [-0.1, -0.05) is 38.3 Å². The SMILES string of the molecule is CCC1CCCCC1N(C)c1cccc(C(=N)N)c1. The van der Waals surface area contributed by atoms with E-state index >= 15 is 0 Å². The topological polar surface area (TPSA) is 53.1 Å². The first kappa shape index (κ1) is 13.9. The van der Waals surface area contributed by atoms with E-state index in [1.165, 1.54) is 37.8 Å². The van der Waals surface area contributed by atoms with Crippen LogP contribution in [0, 0.1) is 11.3 Å². The Balaban J connectivity index is 2.20. The van der Waals surface area contributed by atoms with Crippen LogP contribution in [0.15, 0.2) is 24.3 Å². The number of hydrogen-bond acceptors (Lipinski definition) is 2. The third-order valence-corrected chi connectivity index (χ3v) is 4.46. The second kappa shape index (κ2) is 6.09. The van der Waals surface area contributed by atoms with E-state index in [4.69, 9.17) is 11.1 Å². The molecule has 0 aliphatic heterocycles. The molecule has 0 saturated heterocycles. The van der Waals surface area contributed by atoms with Gasteiger partial charge in [-0.3, -0.25) is 5.41 Å². The first-order valence-electron chi connectivity index (χ1n) is 7.30. The monoisotopic (exact) mass is 259 g/mol. The van der Waals surface area contributed by atoms with Gasteiger partial charge in [0.25, 0.3) is 0 Å². The molecule has 3 nitrogen and oxygen atoms in total. The Hall–Kier alpha value is -1.51. The normalized spacial score (nSPS) is 23.1. The quantitative estimate of drug-likeness (QED) is 0.643. The van der Waals surface area contributed by atoms with Crippen molar-refractivity contribution < 1.29 is 0 Å². The van der Waals surface area contributed by atoms with Crippen molar-refractivity contribution in [3.05, 3.63) is 29.8 Å². The van der Waals surface area contributed by atoms with E-state index in [1.54, 1.807) is 0 Å². The van der Waals surface area contributed by atoms with Crippen LogP contribution in [0.4, 0.5) is 5.69 Å². The van der Waals surface area contributed by atoms with Gasteiger partial charge in [-0.25, -0.2) is 0 Å². The van der Waals surface area contributed by atoms with Crippen LogP contribution >= 0.6 is 0 Å². The van der Waals surface area contributed by atoms with Gasteiger partial charge < -0.3 is 10.6 Å². The van der Waals surface area contributed by atoms with Crippen molar-refractivity contribution in [1.29, 1.82) is 5.41 Å². The molecule has 2 unspecified atom stereocenters. The number of hydrogen-bond donors (Lipinski definition) is 2. The molecule has 3 heteroatoms. The lowest BCUT2D eigenvalue weighted by Crippen LogP contribution is -2.40. The third-order valence-electron chi connectivity index (χ3n) is 4.46. The van der Waals surface area contributed by atoms with Crippen molar-refractivity contribution in [2.45, 2.75) is 45.1 Å². The van der Waals surface area contributed by atoms with E-state index < -0.39 is 0 Å². The van der Waals surface area contributed by atoms with Gasteiger partial charge in [0.1, 0.15) is 5.84 Å². The molecule has 1 aliphatic rings. The lowest BCUT2D eigenvalue weighted by atomic mass is 9.82. The molecule has 0 heterocycles. The number of rotatable bonds is 4. The number of nitrogen functional groups attached to an aromatic ring is 1. The molecule has 0 aromatic heterocycles. The Morgan fingerprint density at radius 1 is 1.37 bits per heavy atom. The predicted octanol–water partition coefficient (Wildman–Crippen LogP) is 3.38. The van der Waals surface area contributed by atoms with Gasteiger partial charge in [-0.15, -0.1) is 0 Å². The van der Waals surface area contributed by atoms with Crippen molar-refractivity contribution in [2.75, 3.05) is 11.9 Å². The summed E-state index contributed by atoms with van der Waals surface area (Å²) >= 11 is 0. The average molecular weight is 259 g/mol. The van der Waals surface area contributed by atoms with E-state index in [1.807, 2.05) is 18.2 Å². The molecule has 104 valence electrons. The maximum absolute atomic E-state index is 7.55. The smallest absolute Gasteiger partial charge is 0.122 e. The number of nitrogens with zero attached hydrogens (tertiary/aromatic N) is 1. The summed E-state index contributed by atoms with van der Waals surface area (Å²) < 4.78 is 0. The fourth-order valence-electron chi connectivity index (χ4n) is 3.26. The molecule has 1 saturated carbocycles. The van der Waals surface area contributed by atoms with Crippen molar-refractivity contribution in [3.8, 4) is 0 Å². The van der Waals surface area contributed by atoms with Gasteiger partial charge in [-0.05, 0) is 30.9 Å². The van der Waals surface area contributed by atoms with Crippen LogP contribution in [0.25, 0.3) is 0 Å². The molecular formula is C16H25N3. The highest BCUT2D eigenvalue weighted by Gasteiger charge is 2.27. The lowest BCUT2D eigenvalue weighted by Gasteiger charge is -2.39. The molecule has 1 aromatic rings. The maximum atomic E-state index is 7.55. The Bertz CT molecular complexity index is 441. The number of amidine groups is 1. The number of nitrogens with one attached hydrogen (secondary N) is 1. The Morgan fingerprint density at radius 2 is 2.11 bits per heavy atom. The van der Waals surface area contributed by atoms with Crippen molar-refractivity contribution in [1.82, 2.24) is 0 Å². The minimum Gasteiger partial charge on any atom is -0.384 e. The highest BCUT2D eigenvalue weighted by Crippen LogP contribution is 2.32. The maximum Gasteiger partial charge on any atom is 0.122 e. The zero-order valence-corrected chi connectivity index (χ0v) is 12.0. The van der Waals surface area contributed by atoms with Gasteiger partial charge in [-0.2, -0.15) is 0 Å². The molecule has 2 atom stereocenters. The van der Waals surface area contributed by atoms with Crippen LogP contribution < -0.4 is 10.6 Å². The minimum absolute atomic E-state index is 0.144. The number of anilines is 1. The first-order chi connectivity index (χ1) is 9.13. The summed E-state index contributed by atoms with van der Waals surface area (Å²) in [6, 6.07) is 8.67. The van der Waals surface area contributed by atoms with E-state index in [0.29, 0.717) is 6.04 Å². The summed E-state index contributed by atoms with van der Waals surface area (Å²) in [5.74, 6) is 0.936. The molecule has 19 heavy (non-hydrogen) atoms. The summed E-state index contributed by atoms with van der Waals surface area (Å²) in [5.41, 5.74) is 7.57. The van der Waals surface area contributed by atoms with Crippen molar-refractivity contribution >= 4 is 11.5 Å². The molecular weight excluding hydrogens is 234 g/mol. The summed E-state index contributed by atoms with van der Waals surface area (Å²) in [6.45, 7) is 2.29. The molecule has 2 rings (SSSR count). The first-order valence-corrected chi connectivity index (χ1v) is 7.30. The summed E-state index contributed by atoms with van der Waals surface area (Å²) in [5, 5.41) is 7.55. The lowest BCUT2D eigenvalue weighted by molar-refractivity contribution is 0.292. The number of nitrogens with two attached hydrogens (primary N) is 1. The fourth-order valence-corrected chi connectivity index (χ4v) is 3.26. The van der Waals surface area contributed by atoms with Crippen molar-refractivity contribution in [2.24, 2.45) is 11.7 Å². The van der Waals surface area contributed by atoms with Crippen LogP contribution in [-0.2, 0) is 0 Å². The van der Waals surface area contributed by atoms with Crippen LogP contribution in [0.5, 0.6) is 0 Å². The molecule has 0 spiro atoms. The van der Waals surface area contributed by atoms with Crippen LogP contribution in [0.1, 0.15) is 44.6 Å². The standard InChI is InChI=1S/C16H25N3/c1-3-12-7-4-5-10-15(12)19(2)14-9-6-8-13(11-14)16(17)18/h6,8-9,11-12,15H,3-5,7,10H2,1-2H3,(H3,17,18). The largest absolute Gasteiger partial charge is 0.384 e. The van der Waals surface area contributed by atoms with Crippen LogP contribution in [-0.4, -0.2) is 18.9 Å². The zero-order chi connectivity index (χ0) is 13.8. The van der Waals surface area contributed by atoms with E-state index in [-0.39, 0.29) is 5.84 Å². The van der Waals surface area contributed by atoms with E-state index in [2.05, 4.69) is 24.9 Å². The minimum atomic E-state index is 0.144. The van der Waals surface area contributed by atoms with Gasteiger partial charge in [0.15, 0.2) is 0 Å². The second-order valence-corrected chi connectivity index (χ2v) is 5.60. The van der Waals surface area contributed by atoms with Gasteiger partial charge in [0.2, 0.25) is 0 Å². The van der Waals surface area contributed by atoms with Crippen LogP contribution in [0.2, 0.25) is 0 Å². The zero-order valence-electron chi connectivity index (χ0n) is 12.0. The van der Waals surface area contributed by atoms with E-state index in [9.17, 15) is 0 Å². The molecule has 0 radical (unpaired) electrons. The predicted molar refractivity (Wildman–Crippen MR) is 81.9 cm³/mol. The van der Waals surface area contributed by atoms with Gasteiger partial charge in [0.05, 0.1) is 0 Å². The highest BCUT2D eigenvalue weighted by atomic mass is 15.1. The molecule has 1 aromatic carbocycles. The number of benzene rings is 1. The molecule has 0 amide bonds.